The molecule has 1 unspecified atom stereocenters. The van der Waals surface area contributed by atoms with Crippen molar-refractivity contribution >= 4 is 21.8 Å². The predicted molar refractivity (Wildman–Crippen MR) is 80.3 cm³/mol. The molecule has 1 rings (SSSR count). The van der Waals surface area contributed by atoms with Crippen LogP contribution in [0, 0.1) is 0 Å². The van der Waals surface area contributed by atoms with Crippen molar-refractivity contribution in [3.05, 3.63) is 40.9 Å². The maximum absolute atomic E-state index is 11.5. The van der Waals surface area contributed by atoms with E-state index in [1.165, 1.54) is 0 Å². The molecule has 0 spiro atoms. The first-order valence-electron chi connectivity index (χ1n) is 6.05. The number of hydrogen-bond donors (Lipinski definition) is 2. The SMILES string of the molecule is C=CCNC(=O)COc1cc(Br)ccc1C(C)NC. The van der Waals surface area contributed by atoms with E-state index in [1.807, 2.05) is 32.2 Å². The van der Waals surface area contributed by atoms with Gasteiger partial charge in [0.2, 0.25) is 0 Å². The first-order valence-corrected chi connectivity index (χ1v) is 6.85. The summed E-state index contributed by atoms with van der Waals surface area (Å²) in [5.74, 6) is 0.535. The summed E-state index contributed by atoms with van der Waals surface area (Å²) < 4.78 is 6.50. The monoisotopic (exact) mass is 326 g/mol. The lowest BCUT2D eigenvalue weighted by atomic mass is 10.1. The number of carbonyl (C=O) groups is 1. The Morgan fingerprint density at radius 2 is 2.32 bits per heavy atom. The van der Waals surface area contributed by atoms with Crippen molar-refractivity contribution < 1.29 is 9.53 Å². The van der Waals surface area contributed by atoms with E-state index < -0.39 is 0 Å². The average Bonchev–Trinajstić information content (AvgIpc) is 2.42. The molecule has 2 N–H and O–H groups in total. The summed E-state index contributed by atoms with van der Waals surface area (Å²) in [5, 5.41) is 5.82. The predicted octanol–water partition coefficient (Wildman–Crippen LogP) is 2.41. The van der Waals surface area contributed by atoms with Crippen LogP contribution in [0.5, 0.6) is 5.75 Å². The Hall–Kier alpha value is -1.33. The zero-order valence-electron chi connectivity index (χ0n) is 11.2. The van der Waals surface area contributed by atoms with Gasteiger partial charge in [-0.15, -0.1) is 6.58 Å². The third kappa shape index (κ3) is 5.04. The number of halogens is 1. The molecular formula is C14H19BrN2O2. The lowest BCUT2D eigenvalue weighted by molar-refractivity contribution is -0.122. The van der Waals surface area contributed by atoms with Gasteiger partial charge >= 0.3 is 0 Å². The molecule has 0 bridgehead atoms. The van der Waals surface area contributed by atoms with Crippen molar-refractivity contribution in [2.75, 3.05) is 20.2 Å². The highest BCUT2D eigenvalue weighted by Gasteiger charge is 2.12. The van der Waals surface area contributed by atoms with Gasteiger partial charge in [0, 0.05) is 22.6 Å². The van der Waals surface area contributed by atoms with Crippen LogP contribution >= 0.6 is 15.9 Å². The molecule has 0 aromatic heterocycles. The zero-order valence-corrected chi connectivity index (χ0v) is 12.8. The minimum atomic E-state index is -0.164. The lowest BCUT2D eigenvalue weighted by Gasteiger charge is -2.16. The van der Waals surface area contributed by atoms with Crippen LogP contribution in [0.3, 0.4) is 0 Å². The highest BCUT2D eigenvalue weighted by Crippen LogP contribution is 2.28. The van der Waals surface area contributed by atoms with Gasteiger partial charge in [0.1, 0.15) is 5.75 Å². The van der Waals surface area contributed by atoms with Crippen LogP contribution in [0.15, 0.2) is 35.3 Å². The number of hydrogen-bond acceptors (Lipinski definition) is 3. The molecule has 1 atom stereocenters. The highest BCUT2D eigenvalue weighted by atomic mass is 79.9. The van der Waals surface area contributed by atoms with E-state index in [-0.39, 0.29) is 18.6 Å². The van der Waals surface area contributed by atoms with Gasteiger partial charge in [-0.1, -0.05) is 28.1 Å². The van der Waals surface area contributed by atoms with Gasteiger partial charge < -0.3 is 15.4 Å². The molecule has 0 saturated heterocycles. The fourth-order valence-electron chi connectivity index (χ4n) is 1.53. The fraction of sp³-hybridized carbons (Fsp3) is 0.357. The van der Waals surface area contributed by atoms with Gasteiger partial charge in [0.25, 0.3) is 5.91 Å². The van der Waals surface area contributed by atoms with Crippen LogP contribution in [0.25, 0.3) is 0 Å². The maximum atomic E-state index is 11.5. The Labute approximate surface area is 122 Å². The van der Waals surface area contributed by atoms with Crippen LogP contribution in [-0.4, -0.2) is 26.1 Å². The van der Waals surface area contributed by atoms with E-state index in [0.717, 1.165) is 10.0 Å². The molecule has 0 radical (unpaired) electrons. The first-order chi connectivity index (χ1) is 9.08. The molecule has 0 aliphatic rings. The summed E-state index contributed by atoms with van der Waals surface area (Å²) in [5.41, 5.74) is 1.02. The molecule has 0 heterocycles. The molecule has 0 saturated carbocycles. The number of benzene rings is 1. The molecule has 1 aromatic carbocycles. The summed E-state index contributed by atoms with van der Waals surface area (Å²) in [6.45, 7) is 6.02. The Morgan fingerprint density at radius 3 is 2.95 bits per heavy atom. The van der Waals surface area contributed by atoms with Crippen LogP contribution < -0.4 is 15.4 Å². The molecular weight excluding hydrogens is 308 g/mol. The smallest absolute Gasteiger partial charge is 0.258 e. The number of amides is 1. The molecule has 4 nitrogen and oxygen atoms in total. The van der Waals surface area contributed by atoms with Crippen molar-refractivity contribution in [3.8, 4) is 5.75 Å². The van der Waals surface area contributed by atoms with E-state index in [0.29, 0.717) is 12.3 Å². The van der Waals surface area contributed by atoms with Crippen molar-refractivity contribution in [3.63, 3.8) is 0 Å². The van der Waals surface area contributed by atoms with Gasteiger partial charge in [-0.3, -0.25) is 4.79 Å². The van der Waals surface area contributed by atoms with Crippen LogP contribution in [0.4, 0.5) is 0 Å². The first kappa shape index (κ1) is 15.7. The molecule has 1 amide bonds. The molecule has 5 heteroatoms. The quantitative estimate of drug-likeness (QED) is 0.756. The van der Waals surface area contributed by atoms with E-state index >= 15 is 0 Å². The van der Waals surface area contributed by atoms with Gasteiger partial charge in [-0.25, -0.2) is 0 Å². The van der Waals surface area contributed by atoms with Gasteiger partial charge in [0.15, 0.2) is 6.61 Å². The van der Waals surface area contributed by atoms with E-state index in [1.54, 1.807) is 6.08 Å². The van der Waals surface area contributed by atoms with Crippen molar-refractivity contribution in [2.45, 2.75) is 13.0 Å². The minimum Gasteiger partial charge on any atom is -0.483 e. The molecule has 1 aromatic rings. The van der Waals surface area contributed by atoms with Gasteiger partial charge in [-0.2, -0.15) is 0 Å². The second-order valence-electron chi connectivity index (χ2n) is 4.07. The lowest BCUT2D eigenvalue weighted by Crippen LogP contribution is -2.29. The number of rotatable bonds is 7. The Bertz CT molecular complexity index is 449. The summed E-state index contributed by atoms with van der Waals surface area (Å²) in [4.78, 5) is 11.5. The van der Waals surface area contributed by atoms with E-state index in [2.05, 4.69) is 33.1 Å². The molecule has 19 heavy (non-hydrogen) atoms. The third-order valence-corrected chi connectivity index (χ3v) is 3.17. The topological polar surface area (TPSA) is 50.4 Å². The molecule has 0 fully saturated rings. The van der Waals surface area contributed by atoms with Crippen molar-refractivity contribution in [1.82, 2.24) is 10.6 Å². The second kappa shape index (κ2) is 7.96. The summed E-state index contributed by atoms with van der Waals surface area (Å²) in [7, 11) is 1.88. The van der Waals surface area contributed by atoms with Crippen molar-refractivity contribution in [1.29, 1.82) is 0 Å². The molecule has 0 aliphatic carbocycles. The highest BCUT2D eigenvalue weighted by molar-refractivity contribution is 9.10. The van der Waals surface area contributed by atoms with E-state index in [9.17, 15) is 4.79 Å². The molecule has 104 valence electrons. The fourth-order valence-corrected chi connectivity index (χ4v) is 1.87. The van der Waals surface area contributed by atoms with Crippen molar-refractivity contribution in [2.24, 2.45) is 0 Å². The Kier molecular flexibility index (Phi) is 6.59. The third-order valence-electron chi connectivity index (χ3n) is 2.68. The normalized spacial score (nSPS) is 11.7. The van der Waals surface area contributed by atoms with Gasteiger partial charge in [0.05, 0.1) is 0 Å². The number of carbonyl (C=O) groups excluding carboxylic acids is 1. The second-order valence-corrected chi connectivity index (χ2v) is 4.99. The minimum absolute atomic E-state index is 0.00622. The number of nitrogens with one attached hydrogen (secondary N) is 2. The molecule has 0 aliphatic heterocycles. The Balaban J connectivity index is 2.73. The summed E-state index contributed by atoms with van der Waals surface area (Å²) in [6, 6.07) is 5.94. The standard InChI is InChI=1S/C14H19BrN2O2/c1-4-7-17-14(18)9-19-13-8-11(15)5-6-12(13)10(2)16-3/h4-6,8,10,16H,1,7,9H2,2-3H3,(H,17,18). The zero-order chi connectivity index (χ0) is 14.3. The van der Waals surface area contributed by atoms with Crippen LogP contribution in [-0.2, 0) is 4.79 Å². The van der Waals surface area contributed by atoms with E-state index in [4.69, 9.17) is 4.74 Å². The average molecular weight is 327 g/mol. The summed E-state index contributed by atoms with van der Waals surface area (Å²) in [6.07, 6.45) is 1.63. The van der Waals surface area contributed by atoms with Gasteiger partial charge in [-0.05, 0) is 26.1 Å². The maximum Gasteiger partial charge on any atom is 0.258 e. The number of ether oxygens (including phenoxy) is 1. The summed E-state index contributed by atoms with van der Waals surface area (Å²) >= 11 is 3.40. The van der Waals surface area contributed by atoms with Crippen LogP contribution in [0.1, 0.15) is 18.5 Å². The largest absolute Gasteiger partial charge is 0.483 e. The Morgan fingerprint density at radius 1 is 1.58 bits per heavy atom. The van der Waals surface area contributed by atoms with Crippen LogP contribution in [0.2, 0.25) is 0 Å².